The van der Waals surface area contributed by atoms with Crippen LogP contribution < -0.4 is 0 Å². The smallest absolute Gasteiger partial charge is 0.228 e. The van der Waals surface area contributed by atoms with Crippen LogP contribution in [-0.2, 0) is 29.2 Å². The Morgan fingerprint density at radius 3 is 2.73 bits per heavy atom. The van der Waals surface area contributed by atoms with Crippen molar-refractivity contribution in [1.29, 1.82) is 0 Å². The zero-order valence-electron chi connectivity index (χ0n) is 12.3. The molecule has 3 rings (SSSR count). The Balaban J connectivity index is 1.99. The number of aliphatic hydroxyl groups excluding tert-OH is 1. The Morgan fingerprint density at radius 1 is 1.32 bits per heavy atom. The van der Waals surface area contributed by atoms with Crippen LogP contribution in [0.25, 0.3) is 5.65 Å². The summed E-state index contributed by atoms with van der Waals surface area (Å²) in [7, 11) is -2.06. The van der Waals surface area contributed by atoms with Crippen LogP contribution in [0.2, 0.25) is 0 Å². The first kappa shape index (κ1) is 14.7. The Kier molecular flexibility index (Phi) is 3.50. The molecule has 3 aromatic rings. The molecule has 22 heavy (non-hydrogen) atoms. The molecule has 0 atom stereocenters. The lowest BCUT2D eigenvalue weighted by Crippen LogP contribution is -2.12. The van der Waals surface area contributed by atoms with Gasteiger partial charge in [0.15, 0.2) is 0 Å². The molecule has 3 heterocycles. The fraction of sp³-hybridized carbons (Fsp3) is 0.286. The van der Waals surface area contributed by atoms with Gasteiger partial charge in [-0.05, 0) is 19.1 Å². The average molecular weight is 320 g/mol. The third-order valence-corrected chi connectivity index (χ3v) is 5.18. The lowest BCUT2D eigenvalue weighted by molar-refractivity contribution is 0.271. The van der Waals surface area contributed by atoms with Gasteiger partial charge in [-0.25, -0.2) is 18.4 Å². The van der Waals surface area contributed by atoms with Crippen molar-refractivity contribution in [3.05, 3.63) is 47.7 Å². The number of hydrogen-bond acceptors (Lipinski definition) is 5. The zero-order chi connectivity index (χ0) is 15.9. The van der Waals surface area contributed by atoms with E-state index in [1.807, 2.05) is 29.5 Å². The number of sulfone groups is 1. The molecule has 0 unspecified atom stereocenters. The topological polar surface area (TPSA) is 89.5 Å². The summed E-state index contributed by atoms with van der Waals surface area (Å²) in [5, 5.41) is 9.08. The molecule has 3 aromatic heterocycles. The van der Waals surface area contributed by atoms with Crippen LogP contribution in [0.15, 0.2) is 35.7 Å². The first-order valence-corrected chi connectivity index (χ1v) is 8.35. The highest BCUT2D eigenvalue weighted by molar-refractivity contribution is 7.90. The maximum absolute atomic E-state index is 12.5. The van der Waals surface area contributed by atoms with Gasteiger partial charge in [0.2, 0.25) is 15.0 Å². The summed E-state index contributed by atoms with van der Waals surface area (Å²) in [5.74, 6) is -0.232. The van der Waals surface area contributed by atoms with Crippen molar-refractivity contribution in [1.82, 2.24) is 18.9 Å². The largest absolute Gasteiger partial charge is 0.390 e. The lowest BCUT2D eigenvalue weighted by atomic mass is 10.4. The summed E-state index contributed by atoms with van der Waals surface area (Å²) in [4.78, 5) is 8.24. The third-order valence-electron chi connectivity index (χ3n) is 3.57. The third kappa shape index (κ3) is 2.40. The van der Waals surface area contributed by atoms with Gasteiger partial charge in [-0.2, -0.15) is 0 Å². The molecule has 0 saturated heterocycles. The van der Waals surface area contributed by atoms with Crippen molar-refractivity contribution < 1.29 is 13.5 Å². The van der Waals surface area contributed by atoms with Crippen molar-refractivity contribution in [2.24, 2.45) is 7.05 Å². The Hall–Kier alpha value is -2.19. The van der Waals surface area contributed by atoms with E-state index in [-0.39, 0.29) is 17.5 Å². The SMILES string of the molecule is Cc1cccc2nc(CS(=O)(=O)c3ncc(CO)n3C)cn12. The minimum Gasteiger partial charge on any atom is -0.390 e. The first-order chi connectivity index (χ1) is 10.4. The molecule has 0 aliphatic rings. The lowest BCUT2D eigenvalue weighted by Gasteiger charge is -2.04. The molecule has 0 fully saturated rings. The summed E-state index contributed by atoms with van der Waals surface area (Å²) < 4.78 is 28.2. The van der Waals surface area contributed by atoms with Crippen molar-refractivity contribution in [3.63, 3.8) is 0 Å². The molecule has 0 amide bonds. The minimum absolute atomic E-state index is 0.0645. The van der Waals surface area contributed by atoms with Gasteiger partial charge in [-0.3, -0.25) is 0 Å². The van der Waals surface area contributed by atoms with E-state index in [9.17, 15) is 8.42 Å². The van der Waals surface area contributed by atoms with E-state index in [2.05, 4.69) is 9.97 Å². The van der Waals surface area contributed by atoms with Crippen LogP contribution in [0, 0.1) is 6.92 Å². The molecule has 0 bridgehead atoms. The molecule has 0 aliphatic carbocycles. The van der Waals surface area contributed by atoms with Gasteiger partial charge in [-0.1, -0.05) is 6.07 Å². The van der Waals surface area contributed by atoms with Crippen LogP contribution >= 0.6 is 0 Å². The van der Waals surface area contributed by atoms with Crippen LogP contribution in [0.5, 0.6) is 0 Å². The van der Waals surface area contributed by atoms with Crippen molar-refractivity contribution in [2.75, 3.05) is 0 Å². The van der Waals surface area contributed by atoms with Crippen molar-refractivity contribution in [2.45, 2.75) is 24.4 Å². The number of pyridine rings is 1. The first-order valence-electron chi connectivity index (χ1n) is 6.70. The monoisotopic (exact) mass is 320 g/mol. The van der Waals surface area contributed by atoms with E-state index >= 15 is 0 Å². The van der Waals surface area contributed by atoms with Crippen molar-refractivity contribution in [3.8, 4) is 0 Å². The van der Waals surface area contributed by atoms with E-state index in [1.165, 1.54) is 10.8 Å². The molecule has 116 valence electrons. The van der Waals surface area contributed by atoms with Gasteiger partial charge in [0.05, 0.1) is 24.2 Å². The van der Waals surface area contributed by atoms with E-state index in [0.29, 0.717) is 17.0 Å². The maximum Gasteiger partial charge on any atom is 0.228 e. The summed E-state index contributed by atoms with van der Waals surface area (Å²) in [5.41, 5.74) is 2.60. The van der Waals surface area contributed by atoms with Gasteiger partial charge >= 0.3 is 0 Å². The molecule has 0 spiro atoms. The number of nitrogens with zero attached hydrogens (tertiary/aromatic N) is 4. The summed E-state index contributed by atoms with van der Waals surface area (Å²) in [6.45, 7) is 1.67. The van der Waals surface area contributed by atoms with Crippen LogP contribution in [-0.4, -0.2) is 32.5 Å². The van der Waals surface area contributed by atoms with E-state index in [4.69, 9.17) is 5.11 Å². The molecule has 1 N–H and O–H groups in total. The Bertz CT molecular complexity index is 940. The predicted octanol–water partition coefficient (Wildman–Crippen LogP) is 0.842. The molecule has 7 nitrogen and oxygen atoms in total. The van der Waals surface area contributed by atoms with Gasteiger partial charge in [0.25, 0.3) is 0 Å². The van der Waals surface area contributed by atoms with E-state index in [0.717, 1.165) is 5.69 Å². The van der Waals surface area contributed by atoms with Gasteiger partial charge in [0, 0.05) is 18.9 Å². The van der Waals surface area contributed by atoms with Gasteiger partial charge in [0.1, 0.15) is 11.4 Å². The molecule has 0 aliphatic heterocycles. The quantitative estimate of drug-likeness (QED) is 0.769. The van der Waals surface area contributed by atoms with E-state index in [1.54, 1.807) is 13.2 Å². The highest BCUT2D eigenvalue weighted by Crippen LogP contribution is 2.17. The fourth-order valence-electron chi connectivity index (χ4n) is 2.39. The molecular formula is C14H16N4O3S. The normalized spacial score (nSPS) is 12.1. The maximum atomic E-state index is 12.5. The summed E-state index contributed by atoms with van der Waals surface area (Å²) >= 11 is 0. The van der Waals surface area contributed by atoms with E-state index < -0.39 is 9.84 Å². The zero-order valence-corrected chi connectivity index (χ0v) is 13.1. The second-order valence-electron chi connectivity index (χ2n) is 5.14. The molecule has 0 radical (unpaired) electrons. The molecular weight excluding hydrogens is 304 g/mol. The number of aryl methyl sites for hydroxylation is 1. The van der Waals surface area contributed by atoms with Crippen LogP contribution in [0.4, 0.5) is 0 Å². The molecule has 0 aromatic carbocycles. The summed E-state index contributed by atoms with van der Waals surface area (Å²) in [6.07, 6.45) is 3.08. The van der Waals surface area contributed by atoms with Gasteiger partial charge < -0.3 is 14.1 Å². The minimum atomic E-state index is -3.63. The highest BCUT2D eigenvalue weighted by Gasteiger charge is 2.23. The number of rotatable bonds is 4. The standard InChI is InChI=1S/C14H16N4O3S/c1-10-4-3-5-13-16-11(7-18(10)13)9-22(20,21)14-15-6-12(8-19)17(14)2/h3-7,19H,8-9H2,1-2H3. The molecule has 8 heteroatoms. The Morgan fingerprint density at radius 2 is 2.09 bits per heavy atom. The number of aromatic nitrogens is 4. The fourth-order valence-corrected chi connectivity index (χ4v) is 3.79. The Labute approximate surface area is 127 Å². The molecule has 0 saturated carbocycles. The number of aliphatic hydroxyl groups is 1. The average Bonchev–Trinajstić information content (AvgIpc) is 3.02. The van der Waals surface area contributed by atoms with Crippen molar-refractivity contribution >= 4 is 15.5 Å². The highest BCUT2D eigenvalue weighted by atomic mass is 32.2. The van der Waals surface area contributed by atoms with Crippen LogP contribution in [0.3, 0.4) is 0 Å². The van der Waals surface area contributed by atoms with Gasteiger partial charge in [-0.15, -0.1) is 0 Å². The predicted molar refractivity (Wildman–Crippen MR) is 79.9 cm³/mol. The number of imidazole rings is 2. The number of hydrogen-bond donors (Lipinski definition) is 1. The number of fused-ring (bicyclic) bond motifs is 1. The van der Waals surface area contributed by atoms with Crippen LogP contribution in [0.1, 0.15) is 17.1 Å². The second kappa shape index (κ2) is 5.22. The second-order valence-corrected chi connectivity index (χ2v) is 7.02. The summed E-state index contributed by atoms with van der Waals surface area (Å²) in [6, 6.07) is 5.63.